The summed E-state index contributed by atoms with van der Waals surface area (Å²) in [5.74, 6) is 0.452. The van der Waals surface area contributed by atoms with Gasteiger partial charge in [0.05, 0.1) is 5.56 Å². The van der Waals surface area contributed by atoms with E-state index in [0.717, 1.165) is 34.9 Å². The molecule has 0 saturated heterocycles. The van der Waals surface area contributed by atoms with E-state index in [-0.39, 0.29) is 17.9 Å². The molecule has 1 aliphatic carbocycles. The Kier molecular flexibility index (Phi) is 3.60. The van der Waals surface area contributed by atoms with Gasteiger partial charge in [0, 0.05) is 4.88 Å². The van der Waals surface area contributed by atoms with Gasteiger partial charge in [-0.15, -0.1) is 11.3 Å². The van der Waals surface area contributed by atoms with Crippen molar-refractivity contribution in [1.29, 1.82) is 0 Å². The van der Waals surface area contributed by atoms with Crippen molar-refractivity contribution in [3.05, 3.63) is 51.7 Å². The van der Waals surface area contributed by atoms with Crippen LogP contribution in [0.25, 0.3) is 0 Å². The van der Waals surface area contributed by atoms with Crippen LogP contribution in [0, 0.1) is 11.7 Å². The normalized spacial score (nSPS) is 22.8. The summed E-state index contributed by atoms with van der Waals surface area (Å²) in [5, 5.41) is 7.38. The summed E-state index contributed by atoms with van der Waals surface area (Å²) >= 11 is 1.72. The average molecular weight is 330 g/mol. The number of hydrogen-bond acceptors (Lipinski definition) is 3. The third kappa shape index (κ3) is 2.53. The lowest BCUT2D eigenvalue weighted by atomic mass is 9.85. The molecule has 2 aromatic rings. The Balaban J connectivity index is 1.66. The number of anilines is 1. The van der Waals surface area contributed by atoms with Gasteiger partial charge in [0.2, 0.25) is 0 Å². The molecule has 0 radical (unpaired) electrons. The Morgan fingerprint density at radius 2 is 2.04 bits per heavy atom. The van der Waals surface area contributed by atoms with Crippen LogP contribution in [-0.2, 0) is 12.8 Å². The maximum atomic E-state index is 13.1. The number of amides is 1. The molecule has 1 aliphatic heterocycles. The van der Waals surface area contributed by atoms with E-state index in [1.165, 1.54) is 35.4 Å². The molecule has 0 fully saturated rings. The van der Waals surface area contributed by atoms with Crippen LogP contribution in [0.4, 0.5) is 9.39 Å². The lowest BCUT2D eigenvalue weighted by Gasteiger charge is -2.27. The first kappa shape index (κ1) is 14.7. The predicted molar refractivity (Wildman–Crippen MR) is 90.4 cm³/mol. The quantitative estimate of drug-likeness (QED) is 0.864. The Hall–Kier alpha value is -1.88. The molecule has 0 saturated carbocycles. The summed E-state index contributed by atoms with van der Waals surface area (Å²) in [6.07, 6.45) is 4.15. The van der Waals surface area contributed by atoms with Crippen LogP contribution < -0.4 is 10.6 Å². The van der Waals surface area contributed by atoms with E-state index < -0.39 is 0 Å². The van der Waals surface area contributed by atoms with Crippen molar-refractivity contribution in [1.82, 2.24) is 5.32 Å². The number of rotatable bonds is 2. The van der Waals surface area contributed by atoms with Gasteiger partial charge in [-0.3, -0.25) is 4.79 Å². The fraction of sp³-hybridized carbons (Fsp3) is 0.389. The third-order valence-electron chi connectivity index (χ3n) is 4.93. The predicted octanol–water partition coefficient (Wildman–Crippen LogP) is 4.26. The highest BCUT2D eigenvalue weighted by molar-refractivity contribution is 7.16. The zero-order valence-corrected chi connectivity index (χ0v) is 13.8. The second kappa shape index (κ2) is 5.64. The number of halogens is 1. The molecule has 3 nitrogen and oxygen atoms in total. The van der Waals surface area contributed by atoms with E-state index in [1.54, 1.807) is 23.5 Å². The van der Waals surface area contributed by atoms with Crippen LogP contribution in [0.15, 0.2) is 24.3 Å². The molecular weight excluding hydrogens is 311 g/mol. The SMILES string of the molecule is CC[C@@H]1CCc2c(sc3c2C(=O)N[C@@H](c2ccc(F)cc2)N3)C1. The van der Waals surface area contributed by atoms with Crippen molar-refractivity contribution >= 4 is 22.2 Å². The van der Waals surface area contributed by atoms with Gasteiger partial charge >= 0.3 is 0 Å². The second-order valence-electron chi connectivity index (χ2n) is 6.33. The molecule has 1 amide bonds. The van der Waals surface area contributed by atoms with Gasteiger partial charge in [-0.2, -0.15) is 0 Å². The van der Waals surface area contributed by atoms with Crippen LogP contribution in [0.3, 0.4) is 0 Å². The van der Waals surface area contributed by atoms with Gasteiger partial charge in [0.1, 0.15) is 17.0 Å². The van der Waals surface area contributed by atoms with E-state index in [2.05, 4.69) is 17.6 Å². The highest BCUT2D eigenvalue weighted by atomic mass is 32.1. The fourth-order valence-electron chi connectivity index (χ4n) is 3.54. The summed E-state index contributed by atoms with van der Waals surface area (Å²) in [5.41, 5.74) is 2.93. The van der Waals surface area contributed by atoms with Crippen molar-refractivity contribution in [3.63, 3.8) is 0 Å². The Labute approximate surface area is 138 Å². The van der Waals surface area contributed by atoms with Gasteiger partial charge < -0.3 is 10.6 Å². The third-order valence-corrected chi connectivity index (χ3v) is 6.11. The Morgan fingerprint density at radius 3 is 2.78 bits per heavy atom. The van der Waals surface area contributed by atoms with Crippen LogP contribution in [0.1, 0.15) is 52.3 Å². The average Bonchev–Trinajstić information content (AvgIpc) is 2.93. The minimum Gasteiger partial charge on any atom is -0.353 e. The maximum Gasteiger partial charge on any atom is 0.256 e. The van der Waals surface area contributed by atoms with Crippen molar-refractivity contribution in [3.8, 4) is 0 Å². The minimum atomic E-state index is -0.294. The van der Waals surface area contributed by atoms with Gasteiger partial charge in [-0.05, 0) is 48.4 Å². The molecule has 1 aromatic heterocycles. The maximum absolute atomic E-state index is 13.1. The summed E-state index contributed by atoms with van der Waals surface area (Å²) in [6, 6.07) is 6.26. The first-order chi connectivity index (χ1) is 11.2. The van der Waals surface area contributed by atoms with Gasteiger partial charge in [-0.1, -0.05) is 25.5 Å². The molecule has 120 valence electrons. The molecule has 0 spiro atoms. The summed E-state index contributed by atoms with van der Waals surface area (Å²) < 4.78 is 13.1. The van der Waals surface area contributed by atoms with Crippen molar-refractivity contribution in [2.45, 2.75) is 38.8 Å². The molecule has 2 N–H and O–H groups in total. The van der Waals surface area contributed by atoms with Crippen LogP contribution in [0.2, 0.25) is 0 Å². The lowest BCUT2D eigenvalue weighted by Crippen LogP contribution is -2.38. The van der Waals surface area contributed by atoms with Gasteiger partial charge in [-0.25, -0.2) is 4.39 Å². The highest BCUT2D eigenvalue weighted by Crippen LogP contribution is 2.43. The number of carbonyl (C=O) groups excluding carboxylic acids is 1. The summed E-state index contributed by atoms with van der Waals surface area (Å²) in [7, 11) is 0. The largest absolute Gasteiger partial charge is 0.353 e. The monoisotopic (exact) mass is 330 g/mol. The van der Waals surface area contributed by atoms with Crippen LogP contribution >= 0.6 is 11.3 Å². The Bertz CT molecular complexity index is 753. The van der Waals surface area contributed by atoms with Gasteiger partial charge in [0.25, 0.3) is 5.91 Å². The van der Waals surface area contributed by atoms with E-state index in [1.807, 2.05) is 0 Å². The molecule has 5 heteroatoms. The molecular formula is C18H19FN2OS. The van der Waals surface area contributed by atoms with Crippen LogP contribution in [-0.4, -0.2) is 5.91 Å². The summed E-state index contributed by atoms with van der Waals surface area (Å²) in [6.45, 7) is 2.23. The van der Waals surface area contributed by atoms with E-state index >= 15 is 0 Å². The molecule has 2 atom stereocenters. The smallest absolute Gasteiger partial charge is 0.256 e. The van der Waals surface area contributed by atoms with Gasteiger partial charge in [0.15, 0.2) is 0 Å². The van der Waals surface area contributed by atoms with E-state index in [9.17, 15) is 9.18 Å². The number of thiophene rings is 1. The standard InChI is InChI=1S/C18H19FN2OS/c1-2-10-3-8-13-14(9-10)23-18-15(13)17(22)20-16(21-18)11-4-6-12(19)7-5-11/h4-7,10,16,21H,2-3,8-9H2,1H3,(H,20,22)/t10-,16-/m1/s1. The topological polar surface area (TPSA) is 41.1 Å². The minimum absolute atomic E-state index is 0.0134. The van der Waals surface area contributed by atoms with Crippen molar-refractivity contribution < 1.29 is 9.18 Å². The molecule has 0 unspecified atom stereocenters. The first-order valence-electron chi connectivity index (χ1n) is 8.13. The second-order valence-corrected chi connectivity index (χ2v) is 7.43. The molecule has 0 bridgehead atoms. The molecule has 2 aliphatic rings. The molecule has 4 rings (SSSR count). The number of fused-ring (bicyclic) bond motifs is 3. The van der Waals surface area contributed by atoms with Crippen molar-refractivity contribution in [2.75, 3.05) is 5.32 Å². The van der Waals surface area contributed by atoms with E-state index in [4.69, 9.17) is 0 Å². The lowest BCUT2D eigenvalue weighted by molar-refractivity contribution is 0.0935. The molecule has 2 heterocycles. The van der Waals surface area contributed by atoms with E-state index in [0.29, 0.717) is 0 Å². The van der Waals surface area contributed by atoms with Crippen molar-refractivity contribution in [2.24, 2.45) is 5.92 Å². The highest BCUT2D eigenvalue weighted by Gasteiger charge is 2.33. The Morgan fingerprint density at radius 1 is 1.26 bits per heavy atom. The number of nitrogens with one attached hydrogen (secondary N) is 2. The molecule has 23 heavy (non-hydrogen) atoms. The fourth-order valence-corrected chi connectivity index (χ4v) is 4.92. The summed E-state index contributed by atoms with van der Waals surface area (Å²) in [4.78, 5) is 14.0. The number of hydrogen-bond donors (Lipinski definition) is 2. The van der Waals surface area contributed by atoms with Crippen LogP contribution in [0.5, 0.6) is 0 Å². The first-order valence-corrected chi connectivity index (χ1v) is 8.94. The number of carbonyl (C=O) groups is 1. The zero-order chi connectivity index (χ0) is 16.0. The zero-order valence-electron chi connectivity index (χ0n) is 13.0. The molecule has 1 aromatic carbocycles. The number of benzene rings is 1.